The third-order valence-electron chi connectivity index (χ3n) is 5.28. The molecule has 2 aliphatic carbocycles. The van der Waals surface area contributed by atoms with E-state index >= 15 is 0 Å². The number of rotatable bonds is 7. The van der Waals surface area contributed by atoms with Crippen LogP contribution < -0.4 is 4.72 Å². The standard InChI is InChI=1S/C18H25NO4S/c20-13-18(10-2-1-3-11-18)12-19-24(22,23)16-8-6-15(7-9-16)17(21)14-4-5-14/h6-9,14,19-20H,1-5,10-13H2. The molecule has 0 radical (unpaired) electrons. The lowest BCUT2D eigenvalue weighted by Gasteiger charge is -2.35. The normalized spacial score (nSPS) is 20.7. The Morgan fingerprint density at radius 2 is 1.75 bits per heavy atom. The van der Waals surface area contributed by atoms with Crippen LogP contribution in [-0.4, -0.2) is 32.5 Å². The molecule has 0 aromatic heterocycles. The van der Waals surface area contributed by atoms with Crippen molar-refractivity contribution in [3.8, 4) is 0 Å². The zero-order chi connectivity index (χ0) is 17.2. The van der Waals surface area contributed by atoms with Crippen molar-refractivity contribution in [1.82, 2.24) is 4.72 Å². The smallest absolute Gasteiger partial charge is 0.240 e. The van der Waals surface area contributed by atoms with E-state index in [0.29, 0.717) is 5.56 Å². The Kier molecular flexibility index (Phi) is 5.08. The molecular formula is C18H25NO4S. The number of hydrogen-bond acceptors (Lipinski definition) is 4. The second-order valence-electron chi connectivity index (χ2n) is 7.21. The van der Waals surface area contributed by atoms with Crippen LogP contribution in [0.1, 0.15) is 55.3 Å². The van der Waals surface area contributed by atoms with E-state index in [4.69, 9.17) is 0 Å². The molecule has 3 rings (SSSR count). The first-order chi connectivity index (χ1) is 11.5. The van der Waals surface area contributed by atoms with Crippen molar-refractivity contribution in [2.75, 3.05) is 13.2 Å². The number of sulfonamides is 1. The van der Waals surface area contributed by atoms with Gasteiger partial charge in [0.15, 0.2) is 5.78 Å². The summed E-state index contributed by atoms with van der Waals surface area (Å²) in [5, 5.41) is 9.69. The molecule has 0 bridgehead atoms. The topological polar surface area (TPSA) is 83.5 Å². The van der Waals surface area contributed by atoms with Gasteiger partial charge in [0.25, 0.3) is 0 Å². The van der Waals surface area contributed by atoms with Gasteiger partial charge in [0.1, 0.15) is 0 Å². The van der Waals surface area contributed by atoms with Crippen LogP contribution >= 0.6 is 0 Å². The second-order valence-corrected chi connectivity index (χ2v) is 8.97. The lowest BCUT2D eigenvalue weighted by Crippen LogP contribution is -2.41. The van der Waals surface area contributed by atoms with E-state index in [9.17, 15) is 18.3 Å². The van der Waals surface area contributed by atoms with E-state index in [1.54, 1.807) is 12.1 Å². The van der Waals surface area contributed by atoms with E-state index in [0.717, 1.165) is 44.9 Å². The van der Waals surface area contributed by atoms with Gasteiger partial charge < -0.3 is 5.11 Å². The van der Waals surface area contributed by atoms with Gasteiger partial charge in [-0.1, -0.05) is 31.4 Å². The molecule has 6 heteroatoms. The quantitative estimate of drug-likeness (QED) is 0.739. The van der Waals surface area contributed by atoms with Crippen LogP contribution in [0.15, 0.2) is 29.2 Å². The van der Waals surface area contributed by atoms with Gasteiger partial charge in [-0.05, 0) is 37.8 Å². The van der Waals surface area contributed by atoms with Crippen LogP contribution in [0.5, 0.6) is 0 Å². The zero-order valence-corrected chi connectivity index (χ0v) is 14.6. The minimum atomic E-state index is -3.63. The molecule has 0 aliphatic heterocycles. The SMILES string of the molecule is O=C(c1ccc(S(=O)(=O)NCC2(CO)CCCCC2)cc1)C1CC1. The molecule has 1 aromatic carbocycles. The van der Waals surface area contributed by atoms with Crippen molar-refractivity contribution in [3.05, 3.63) is 29.8 Å². The molecule has 2 saturated carbocycles. The van der Waals surface area contributed by atoms with Gasteiger partial charge in [-0.3, -0.25) is 4.79 Å². The predicted molar refractivity (Wildman–Crippen MR) is 91.3 cm³/mol. The maximum Gasteiger partial charge on any atom is 0.240 e. The number of Topliss-reactive ketones (excluding diaryl/α,β-unsaturated/α-hetero) is 1. The van der Waals surface area contributed by atoms with Gasteiger partial charge in [0.2, 0.25) is 10.0 Å². The predicted octanol–water partition coefficient (Wildman–Crippen LogP) is 2.50. The Hall–Kier alpha value is -1.24. The molecule has 5 nitrogen and oxygen atoms in total. The highest BCUT2D eigenvalue weighted by Crippen LogP contribution is 2.35. The maximum atomic E-state index is 12.5. The monoisotopic (exact) mass is 351 g/mol. The first kappa shape index (κ1) is 17.6. The average Bonchev–Trinajstić information content (AvgIpc) is 3.45. The first-order valence-corrected chi connectivity index (χ1v) is 10.2. The highest BCUT2D eigenvalue weighted by Gasteiger charge is 2.33. The fourth-order valence-corrected chi connectivity index (χ4v) is 4.56. The third-order valence-corrected chi connectivity index (χ3v) is 6.70. The molecule has 0 spiro atoms. The molecule has 0 unspecified atom stereocenters. The lowest BCUT2D eigenvalue weighted by molar-refractivity contribution is 0.0867. The number of carbonyl (C=O) groups excluding carboxylic acids is 1. The largest absolute Gasteiger partial charge is 0.396 e. The van der Waals surface area contributed by atoms with Crippen molar-refractivity contribution in [2.24, 2.45) is 11.3 Å². The number of aliphatic hydroxyl groups excluding tert-OH is 1. The van der Waals surface area contributed by atoms with Crippen LogP contribution in [0.25, 0.3) is 0 Å². The van der Waals surface area contributed by atoms with Crippen LogP contribution in [0, 0.1) is 11.3 Å². The fraction of sp³-hybridized carbons (Fsp3) is 0.611. The molecule has 0 atom stereocenters. The summed E-state index contributed by atoms with van der Waals surface area (Å²) in [6.45, 7) is 0.263. The maximum absolute atomic E-state index is 12.5. The summed E-state index contributed by atoms with van der Waals surface area (Å²) in [5.74, 6) is 0.231. The Bertz CT molecular complexity index is 686. The zero-order valence-electron chi connectivity index (χ0n) is 13.8. The minimum Gasteiger partial charge on any atom is -0.396 e. The van der Waals surface area contributed by atoms with E-state index in [2.05, 4.69) is 4.72 Å². The molecule has 1 aromatic rings. The van der Waals surface area contributed by atoms with Gasteiger partial charge in [-0.25, -0.2) is 13.1 Å². The number of ketones is 1. The van der Waals surface area contributed by atoms with Crippen molar-refractivity contribution >= 4 is 15.8 Å². The van der Waals surface area contributed by atoms with Crippen molar-refractivity contribution in [3.63, 3.8) is 0 Å². The molecule has 132 valence electrons. The Labute approximate surface area is 143 Å². The summed E-state index contributed by atoms with van der Waals surface area (Å²) in [7, 11) is -3.63. The summed E-state index contributed by atoms with van der Waals surface area (Å²) >= 11 is 0. The van der Waals surface area contributed by atoms with Crippen LogP contribution in [0.3, 0.4) is 0 Å². The van der Waals surface area contributed by atoms with E-state index in [1.807, 2.05) is 0 Å². The minimum absolute atomic E-state index is 0.00431. The van der Waals surface area contributed by atoms with Gasteiger partial charge in [0.05, 0.1) is 4.90 Å². The molecular weight excluding hydrogens is 326 g/mol. The molecule has 0 saturated heterocycles. The summed E-state index contributed by atoms with van der Waals surface area (Å²) < 4.78 is 27.6. The van der Waals surface area contributed by atoms with Crippen LogP contribution in [-0.2, 0) is 10.0 Å². The number of aliphatic hydroxyl groups is 1. The van der Waals surface area contributed by atoms with Crippen molar-refractivity contribution in [1.29, 1.82) is 0 Å². The number of benzene rings is 1. The van der Waals surface area contributed by atoms with Crippen molar-refractivity contribution < 1.29 is 18.3 Å². The van der Waals surface area contributed by atoms with Crippen LogP contribution in [0.4, 0.5) is 0 Å². The van der Waals surface area contributed by atoms with E-state index < -0.39 is 10.0 Å². The lowest BCUT2D eigenvalue weighted by atomic mass is 9.75. The second kappa shape index (κ2) is 6.94. The Morgan fingerprint density at radius 1 is 1.12 bits per heavy atom. The van der Waals surface area contributed by atoms with E-state index in [-0.39, 0.29) is 35.2 Å². The summed E-state index contributed by atoms with van der Waals surface area (Å²) in [6, 6.07) is 6.17. The molecule has 0 heterocycles. The molecule has 24 heavy (non-hydrogen) atoms. The van der Waals surface area contributed by atoms with Crippen LogP contribution in [0.2, 0.25) is 0 Å². The highest BCUT2D eigenvalue weighted by molar-refractivity contribution is 7.89. The molecule has 2 N–H and O–H groups in total. The van der Waals surface area contributed by atoms with Gasteiger partial charge in [-0.2, -0.15) is 0 Å². The summed E-state index contributed by atoms with van der Waals surface area (Å²) in [5.41, 5.74) is 0.239. The first-order valence-electron chi connectivity index (χ1n) is 8.71. The molecule has 2 fully saturated rings. The fourth-order valence-electron chi connectivity index (χ4n) is 3.40. The summed E-state index contributed by atoms with van der Waals surface area (Å²) in [4.78, 5) is 12.2. The number of hydrogen-bond donors (Lipinski definition) is 2. The van der Waals surface area contributed by atoms with Gasteiger partial charge in [-0.15, -0.1) is 0 Å². The third kappa shape index (κ3) is 3.87. The van der Waals surface area contributed by atoms with Gasteiger partial charge in [0, 0.05) is 30.0 Å². The molecule has 0 amide bonds. The Morgan fingerprint density at radius 3 is 2.29 bits per heavy atom. The number of nitrogens with one attached hydrogen (secondary N) is 1. The highest BCUT2D eigenvalue weighted by atomic mass is 32.2. The van der Waals surface area contributed by atoms with Gasteiger partial charge >= 0.3 is 0 Å². The van der Waals surface area contributed by atoms with Crippen molar-refractivity contribution in [2.45, 2.75) is 49.8 Å². The van der Waals surface area contributed by atoms with E-state index in [1.165, 1.54) is 12.1 Å². The molecule has 2 aliphatic rings. The average molecular weight is 351 g/mol. The Balaban J connectivity index is 1.67. The summed E-state index contributed by atoms with van der Waals surface area (Å²) in [6.07, 6.45) is 6.76. The number of carbonyl (C=O) groups is 1.